The third kappa shape index (κ3) is 3.54. The van der Waals surface area contributed by atoms with E-state index in [1.54, 1.807) is 26.2 Å². The number of rotatable bonds is 5. The van der Waals surface area contributed by atoms with E-state index in [4.69, 9.17) is 0 Å². The smallest absolute Gasteiger partial charge is 0.282 e. The predicted octanol–water partition coefficient (Wildman–Crippen LogP) is 2.62. The van der Waals surface area contributed by atoms with Crippen molar-refractivity contribution in [1.29, 1.82) is 0 Å². The molecule has 0 amide bonds. The number of piperidine rings is 1. The van der Waals surface area contributed by atoms with E-state index in [0.717, 1.165) is 16.4 Å². The van der Waals surface area contributed by atoms with Crippen molar-refractivity contribution in [3.8, 4) is 0 Å². The Balaban J connectivity index is 1.80. The molecule has 27 heavy (non-hydrogen) atoms. The molecule has 148 valence electrons. The van der Waals surface area contributed by atoms with Gasteiger partial charge in [-0.15, -0.1) is 0 Å². The van der Waals surface area contributed by atoms with Crippen LogP contribution in [-0.4, -0.2) is 46.2 Å². The van der Waals surface area contributed by atoms with Crippen molar-refractivity contribution in [3.63, 3.8) is 0 Å². The molecule has 1 saturated heterocycles. The van der Waals surface area contributed by atoms with Crippen LogP contribution in [0.5, 0.6) is 0 Å². The number of halogens is 2. The van der Waals surface area contributed by atoms with Gasteiger partial charge in [0.25, 0.3) is 6.43 Å². The average Bonchev–Trinajstić information content (AvgIpc) is 3.05. The lowest BCUT2D eigenvalue weighted by atomic mass is 9.86. The van der Waals surface area contributed by atoms with Crippen molar-refractivity contribution in [2.75, 3.05) is 18.0 Å². The number of alkyl halides is 2. The highest BCUT2D eigenvalue weighted by Gasteiger charge is 2.45. The number of aromatic nitrogens is 4. The molecule has 3 heterocycles. The van der Waals surface area contributed by atoms with Crippen LogP contribution in [0.3, 0.4) is 0 Å². The molecule has 0 saturated carbocycles. The summed E-state index contributed by atoms with van der Waals surface area (Å²) in [4.78, 5) is 2.15. The number of nitrogens with zero attached hydrogens (tertiary/aromatic N) is 5. The highest BCUT2D eigenvalue weighted by Crippen LogP contribution is 2.39. The van der Waals surface area contributed by atoms with Gasteiger partial charge in [0.05, 0.1) is 22.8 Å². The second-order valence-corrected chi connectivity index (χ2v) is 9.78. The van der Waals surface area contributed by atoms with Crippen molar-refractivity contribution in [2.24, 2.45) is 13.0 Å². The zero-order chi connectivity index (χ0) is 19.8. The summed E-state index contributed by atoms with van der Waals surface area (Å²) in [7, 11) is -2.45. The Hall–Kier alpha value is -2.10. The topological polar surface area (TPSA) is 81.0 Å². The van der Waals surface area contributed by atoms with E-state index in [-0.39, 0.29) is 10.9 Å². The highest BCUT2D eigenvalue weighted by atomic mass is 32.2. The largest absolute Gasteiger partial charge is 0.370 e. The van der Waals surface area contributed by atoms with Crippen molar-refractivity contribution in [3.05, 3.63) is 30.2 Å². The average molecular weight is 399 g/mol. The third-order valence-electron chi connectivity index (χ3n) is 5.46. The van der Waals surface area contributed by atoms with Gasteiger partial charge >= 0.3 is 0 Å². The Kier molecular flexibility index (Phi) is 5.20. The lowest BCUT2D eigenvalue weighted by Gasteiger charge is -2.40. The van der Waals surface area contributed by atoms with Gasteiger partial charge in [-0.25, -0.2) is 17.2 Å². The van der Waals surface area contributed by atoms with Gasteiger partial charge in [0.1, 0.15) is 5.69 Å². The monoisotopic (exact) mass is 399 g/mol. The maximum atomic E-state index is 13.2. The van der Waals surface area contributed by atoms with Crippen molar-refractivity contribution >= 4 is 15.5 Å². The fourth-order valence-corrected chi connectivity index (χ4v) is 5.50. The molecule has 7 nitrogen and oxygen atoms in total. The number of hydrogen-bond donors (Lipinski definition) is 0. The van der Waals surface area contributed by atoms with Gasteiger partial charge in [0.2, 0.25) is 9.84 Å². The Bertz CT molecular complexity index is 891. The minimum Gasteiger partial charge on any atom is -0.370 e. The number of anilines is 1. The first-order valence-electron chi connectivity index (χ1n) is 8.73. The number of aryl methyl sites for hydroxylation is 1. The van der Waals surface area contributed by atoms with Gasteiger partial charge < -0.3 is 4.90 Å². The van der Waals surface area contributed by atoms with Crippen molar-refractivity contribution < 1.29 is 17.2 Å². The van der Waals surface area contributed by atoms with E-state index in [1.165, 1.54) is 7.05 Å². The summed E-state index contributed by atoms with van der Waals surface area (Å²) in [6.45, 7) is 4.74. The lowest BCUT2D eigenvalue weighted by molar-refractivity contribution is 0.145. The Morgan fingerprint density at radius 2 is 1.89 bits per heavy atom. The molecule has 0 spiro atoms. The first-order chi connectivity index (χ1) is 12.6. The Morgan fingerprint density at radius 1 is 1.22 bits per heavy atom. The molecule has 0 atom stereocenters. The summed E-state index contributed by atoms with van der Waals surface area (Å²) in [6, 6.07) is 2.86. The second-order valence-electron chi connectivity index (χ2n) is 7.30. The van der Waals surface area contributed by atoms with Crippen molar-refractivity contribution in [2.45, 2.75) is 42.9 Å². The molecule has 1 aliphatic heterocycles. The number of hydrogen-bond acceptors (Lipinski definition) is 6. The normalized spacial score (nSPS) is 16.9. The lowest BCUT2D eigenvalue weighted by Crippen LogP contribution is -2.46. The first kappa shape index (κ1) is 19.7. The molecular formula is C17H23F2N5O2S. The van der Waals surface area contributed by atoms with Crippen LogP contribution in [0, 0.1) is 5.92 Å². The zero-order valence-corrected chi connectivity index (χ0v) is 16.3. The van der Waals surface area contributed by atoms with Crippen LogP contribution < -0.4 is 4.90 Å². The zero-order valence-electron chi connectivity index (χ0n) is 15.5. The molecule has 1 fully saturated rings. The maximum Gasteiger partial charge on any atom is 0.282 e. The van der Waals surface area contributed by atoms with Crippen LogP contribution in [0.2, 0.25) is 0 Å². The van der Waals surface area contributed by atoms with Gasteiger partial charge in [-0.3, -0.25) is 4.68 Å². The van der Waals surface area contributed by atoms with E-state index in [0.29, 0.717) is 25.9 Å². The minimum absolute atomic E-state index is 0.0987. The Morgan fingerprint density at radius 3 is 2.41 bits per heavy atom. The summed E-state index contributed by atoms with van der Waals surface area (Å²) in [5, 5.41) is 11.1. The summed E-state index contributed by atoms with van der Waals surface area (Å²) in [5.41, 5.74) is 0.434. The van der Waals surface area contributed by atoms with Crippen LogP contribution in [0.4, 0.5) is 14.5 Å². The van der Waals surface area contributed by atoms with E-state index < -0.39 is 26.7 Å². The molecule has 0 aliphatic carbocycles. The van der Waals surface area contributed by atoms with Crippen LogP contribution in [0.15, 0.2) is 29.6 Å². The predicted molar refractivity (Wildman–Crippen MR) is 96.4 cm³/mol. The quantitative estimate of drug-likeness (QED) is 0.769. The van der Waals surface area contributed by atoms with Crippen LogP contribution in [0.25, 0.3) is 0 Å². The maximum absolute atomic E-state index is 13.2. The van der Waals surface area contributed by atoms with Gasteiger partial charge in [0, 0.05) is 26.2 Å². The molecular weight excluding hydrogens is 376 g/mol. The molecule has 0 radical (unpaired) electrons. The van der Waals surface area contributed by atoms with E-state index >= 15 is 0 Å². The van der Waals surface area contributed by atoms with E-state index in [2.05, 4.69) is 20.2 Å². The summed E-state index contributed by atoms with van der Waals surface area (Å²) in [6.07, 6.45) is 1.85. The fourth-order valence-electron chi connectivity index (χ4n) is 3.62. The van der Waals surface area contributed by atoms with Gasteiger partial charge in [0.15, 0.2) is 5.03 Å². The van der Waals surface area contributed by atoms with Crippen LogP contribution in [0.1, 0.15) is 38.8 Å². The Labute approximate surface area is 157 Å². The summed E-state index contributed by atoms with van der Waals surface area (Å²) < 4.78 is 52.2. The molecule has 0 aromatic carbocycles. The van der Waals surface area contributed by atoms with Gasteiger partial charge in [-0.05, 0) is 38.7 Å². The molecule has 0 N–H and O–H groups in total. The van der Waals surface area contributed by atoms with E-state index in [1.807, 2.05) is 6.07 Å². The third-order valence-corrected chi connectivity index (χ3v) is 8.11. The van der Waals surface area contributed by atoms with Gasteiger partial charge in [-0.1, -0.05) is 0 Å². The SMILES string of the molecule is Cn1nc(C(F)F)cc1S(=O)(=O)C(C)(C)C1CCN(c2ccnnc2)CC1. The minimum atomic E-state index is -3.84. The second kappa shape index (κ2) is 7.14. The van der Waals surface area contributed by atoms with Crippen molar-refractivity contribution in [1.82, 2.24) is 20.0 Å². The van der Waals surface area contributed by atoms with Crippen LogP contribution >= 0.6 is 0 Å². The standard InChI is InChI=1S/C17H23F2N5O2S/c1-17(2,27(25,26)15-10-14(16(18)19)22-23(15)3)12-5-8-24(9-6-12)13-4-7-20-21-11-13/h4,7,10-12,16H,5-6,8-9H2,1-3H3. The van der Waals surface area contributed by atoms with Crippen LogP contribution in [-0.2, 0) is 16.9 Å². The summed E-state index contributed by atoms with van der Waals surface area (Å²) >= 11 is 0. The summed E-state index contributed by atoms with van der Waals surface area (Å²) in [5.74, 6) is -0.0987. The highest BCUT2D eigenvalue weighted by molar-refractivity contribution is 7.92. The molecule has 10 heteroatoms. The molecule has 2 aromatic heterocycles. The molecule has 2 aromatic rings. The molecule has 0 unspecified atom stereocenters. The first-order valence-corrected chi connectivity index (χ1v) is 10.2. The van der Waals surface area contributed by atoms with E-state index in [9.17, 15) is 17.2 Å². The molecule has 3 rings (SSSR count). The molecule has 0 bridgehead atoms. The van der Waals surface area contributed by atoms with Gasteiger partial charge in [-0.2, -0.15) is 15.3 Å². The number of sulfone groups is 1. The fraction of sp³-hybridized carbons (Fsp3) is 0.588. The molecule has 1 aliphatic rings.